The van der Waals surface area contributed by atoms with Gasteiger partial charge in [-0.05, 0) is 34.5 Å². The van der Waals surface area contributed by atoms with Crippen LogP contribution in [-0.2, 0) is 0 Å². The number of rotatable bonds is 1. The maximum Gasteiger partial charge on any atom is 0.256 e. The van der Waals surface area contributed by atoms with Crippen LogP contribution in [0.2, 0.25) is 5.02 Å². The molecule has 1 fully saturated rings. The second-order valence-corrected chi connectivity index (χ2v) is 5.31. The lowest BCUT2D eigenvalue weighted by molar-refractivity contribution is 0.0786. The van der Waals surface area contributed by atoms with Crippen molar-refractivity contribution < 1.29 is 9.18 Å². The maximum absolute atomic E-state index is 13.6. The van der Waals surface area contributed by atoms with Crippen LogP contribution < -0.4 is 5.73 Å². The van der Waals surface area contributed by atoms with Crippen molar-refractivity contribution in [3.8, 4) is 0 Å². The third kappa shape index (κ3) is 2.61. The summed E-state index contributed by atoms with van der Waals surface area (Å²) in [7, 11) is 0. The Kier molecular flexibility index (Phi) is 3.70. The normalized spacial score (nSPS) is 19.8. The molecule has 1 saturated heterocycles. The molecule has 0 radical (unpaired) electrons. The number of nitrogens with two attached hydrogens (primary N) is 1. The molecule has 0 unspecified atom stereocenters. The molecular formula is C11H11BrClFN2O. The Balaban J connectivity index is 2.28. The molecule has 1 heterocycles. The van der Waals surface area contributed by atoms with Crippen LogP contribution in [0.3, 0.4) is 0 Å². The Morgan fingerprint density at radius 3 is 2.88 bits per heavy atom. The molecule has 92 valence electrons. The van der Waals surface area contributed by atoms with E-state index < -0.39 is 5.82 Å². The zero-order valence-corrected chi connectivity index (χ0v) is 11.3. The Hall–Kier alpha value is -0.650. The van der Waals surface area contributed by atoms with Crippen LogP contribution in [-0.4, -0.2) is 29.9 Å². The summed E-state index contributed by atoms with van der Waals surface area (Å²) in [5.41, 5.74) is 5.74. The summed E-state index contributed by atoms with van der Waals surface area (Å²) < 4.78 is 14.2. The van der Waals surface area contributed by atoms with Crippen molar-refractivity contribution in [1.29, 1.82) is 0 Å². The zero-order valence-electron chi connectivity index (χ0n) is 8.92. The lowest BCUT2D eigenvalue weighted by Gasteiger charge is -2.16. The van der Waals surface area contributed by atoms with Crippen LogP contribution in [0.15, 0.2) is 16.6 Å². The van der Waals surface area contributed by atoms with E-state index in [1.807, 2.05) is 0 Å². The van der Waals surface area contributed by atoms with E-state index >= 15 is 0 Å². The van der Waals surface area contributed by atoms with Crippen LogP contribution in [0.4, 0.5) is 4.39 Å². The number of hydrogen-bond acceptors (Lipinski definition) is 2. The highest BCUT2D eigenvalue weighted by Gasteiger charge is 2.26. The maximum atomic E-state index is 13.6. The Morgan fingerprint density at radius 2 is 2.29 bits per heavy atom. The Morgan fingerprint density at radius 1 is 1.59 bits per heavy atom. The summed E-state index contributed by atoms with van der Waals surface area (Å²) in [4.78, 5) is 13.6. The van der Waals surface area contributed by atoms with Gasteiger partial charge in [0.05, 0.1) is 10.6 Å². The van der Waals surface area contributed by atoms with E-state index in [4.69, 9.17) is 17.3 Å². The van der Waals surface area contributed by atoms with Crippen LogP contribution >= 0.6 is 27.5 Å². The minimum Gasteiger partial charge on any atom is -0.337 e. The summed E-state index contributed by atoms with van der Waals surface area (Å²) in [5.74, 6) is -0.948. The van der Waals surface area contributed by atoms with Gasteiger partial charge in [0.15, 0.2) is 0 Å². The van der Waals surface area contributed by atoms with Gasteiger partial charge in [-0.25, -0.2) is 4.39 Å². The molecule has 1 aromatic carbocycles. The van der Waals surface area contributed by atoms with Gasteiger partial charge < -0.3 is 10.6 Å². The summed E-state index contributed by atoms with van der Waals surface area (Å²) in [6.45, 7) is 1.04. The van der Waals surface area contributed by atoms with Gasteiger partial charge >= 0.3 is 0 Å². The highest BCUT2D eigenvalue weighted by atomic mass is 79.9. The van der Waals surface area contributed by atoms with E-state index in [1.54, 1.807) is 4.90 Å². The monoisotopic (exact) mass is 320 g/mol. The van der Waals surface area contributed by atoms with Crippen molar-refractivity contribution in [2.24, 2.45) is 5.73 Å². The summed E-state index contributed by atoms with van der Waals surface area (Å²) in [6.07, 6.45) is 0.752. The second kappa shape index (κ2) is 4.92. The molecule has 0 spiro atoms. The third-order valence-corrected chi connectivity index (χ3v) is 3.95. The SMILES string of the molecule is N[C@@H]1CCN(C(=O)c2cc(Br)c(Cl)cc2F)C1. The summed E-state index contributed by atoms with van der Waals surface area (Å²) in [5, 5.41) is 0.247. The van der Waals surface area contributed by atoms with Crippen LogP contribution in [0.5, 0.6) is 0 Å². The van der Waals surface area contributed by atoms with Crippen molar-refractivity contribution >= 4 is 33.4 Å². The topological polar surface area (TPSA) is 46.3 Å². The molecule has 0 aliphatic carbocycles. The van der Waals surface area contributed by atoms with Gasteiger partial charge in [-0.1, -0.05) is 11.6 Å². The van der Waals surface area contributed by atoms with Gasteiger partial charge in [0.25, 0.3) is 5.91 Å². The summed E-state index contributed by atoms with van der Waals surface area (Å²) in [6, 6.07) is 2.52. The van der Waals surface area contributed by atoms with E-state index in [0.29, 0.717) is 17.6 Å². The van der Waals surface area contributed by atoms with Crippen molar-refractivity contribution in [3.63, 3.8) is 0 Å². The van der Waals surface area contributed by atoms with E-state index in [1.165, 1.54) is 6.07 Å². The number of carbonyl (C=O) groups is 1. The number of carbonyl (C=O) groups excluding carboxylic acids is 1. The molecule has 17 heavy (non-hydrogen) atoms. The van der Waals surface area contributed by atoms with Crippen LogP contribution in [0, 0.1) is 5.82 Å². The lowest BCUT2D eigenvalue weighted by atomic mass is 10.2. The van der Waals surface area contributed by atoms with E-state index in [2.05, 4.69) is 15.9 Å². The molecule has 1 aromatic rings. The molecule has 0 saturated carbocycles. The number of likely N-dealkylation sites (tertiary alicyclic amines) is 1. The van der Waals surface area contributed by atoms with E-state index in [0.717, 1.165) is 12.5 Å². The molecule has 0 bridgehead atoms. The van der Waals surface area contributed by atoms with Gasteiger partial charge in [0.2, 0.25) is 0 Å². The van der Waals surface area contributed by atoms with Gasteiger partial charge in [-0.15, -0.1) is 0 Å². The number of nitrogens with zero attached hydrogens (tertiary/aromatic N) is 1. The predicted molar refractivity (Wildman–Crippen MR) is 67.6 cm³/mol. The highest BCUT2D eigenvalue weighted by Crippen LogP contribution is 2.27. The minimum atomic E-state index is -0.608. The van der Waals surface area contributed by atoms with Crippen molar-refractivity contribution in [2.75, 3.05) is 13.1 Å². The van der Waals surface area contributed by atoms with Gasteiger partial charge in [-0.3, -0.25) is 4.79 Å². The zero-order chi connectivity index (χ0) is 12.6. The highest BCUT2D eigenvalue weighted by molar-refractivity contribution is 9.10. The number of benzene rings is 1. The Labute approximate surface area is 112 Å². The fraction of sp³-hybridized carbons (Fsp3) is 0.364. The van der Waals surface area contributed by atoms with Crippen molar-refractivity contribution in [3.05, 3.63) is 33.0 Å². The first-order chi connectivity index (χ1) is 7.99. The molecular weight excluding hydrogens is 310 g/mol. The number of halogens is 3. The van der Waals surface area contributed by atoms with E-state index in [9.17, 15) is 9.18 Å². The molecule has 1 amide bonds. The average Bonchev–Trinajstić information content (AvgIpc) is 2.69. The van der Waals surface area contributed by atoms with Crippen LogP contribution in [0.1, 0.15) is 16.8 Å². The van der Waals surface area contributed by atoms with Gasteiger partial charge in [0.1, 0.15) is 5.82 Å². The smallest absolute Gasteiger partial charge is 0.256 e. The van der Waals surface area contributed by atoms with Crippen molar-refractivity contribution in [2.45, 2.75) is 12.5 Å². The first kappa shape index (κ1) is 12.8. The fourth-order valence-corrected chi connectivity index (χ4v) is 2.32. The average molecular weight is 322 g/mol. The first-order valence-corrected chi connectivity index (χ1v) is 6.35. The van der Waals surface area contributed by atoms with Crippen molar-refractivity contribution in [1.82, 2.24) is 4.90 Å². The van der Waals surface area contributed by atoms with Gasteiger partial charge in [-0.2, -0.15) is 0 Å². The molecule has 1 atom stereocenters. The van der Waals surface area contributed by atoms with Gasteiger partial charge in [0, 0.05) is 23.6 Å². The molecule has 2 rings (SSSR count). The summed E-state index contributed by atoms with van der Waals surface area (Å²) >= 11 is 8.92. The number of amides is 1. The molecule has 2 N–H and O–H groups in total. The third-order valence-electron chi connectivity index (χ3n) is 2.75. The molecule has 1 aliphatic rings. The molecule has 3 nitrogen and oxygen atoms in total. The predicted octanol–water partition coefficient (Wildman–Crippen LogP) is 2.41. The lowest BCUT2D eigenvalue weighted by Crippen LogP contribution is -2.32. The second-order valence-electron chi connectivity index (χ2n) is 4.05. The molecule has 1 aliphatic heterocycles. The quantitative estimate of drug-likeness (QED) is 0.808. The standard InChI is InChI=1S/C11H11BrClFN2O/c12-8-3-7(10(14)4-9(8)13)11(17)16-2-1-6(15)5-16/h3-4,6H,1-2,5,15H2/t6-/m1/s1. The number of hydrogen-bond donors (Lipinski definition) is 1. The largest absolute Gasteiger partial charge is 0.337 e. The van der Waals surface area contributed by atoms with E-state index in [-0.39, 0.29) is 22.5 Å². The fourth-order valence-electron chi connectivity index (χ4n) is 1.83. The Bertz CT molecular complexity index is 469. The van der Waals surface area contributed by atoms with Crippen LogP contribution in [0.25, 0.3) is 0 Å². The molecule has 6 heteroatoms. The first-order valence-electron chi connectivity index (χ1n) is 5.18. The molecule has 0 aromatic heterocycles. The minimum absolute atomic E-state index is 0.0160.